The molecule has 0 aliphatic heterocycles. The van der Waals surface area contributed by atoms with Crippen LogP contribution < -0.4 is 0 Å². The molecule has 1 nitrogen and oxygen atoms in total. The summed E-state index contributed by atoms with van der Waals surface area (Å²) in [5, 5.41) is 1.33. The quantitative estimate of drug-likeness (QED) is 0.488. The van der Waals surface area contributed by atoms with Crippen molar-refractivity contribution < 1.29 is 0 Å². The van der Waals surface area contributed by atoms with Gasteiger partial charge in [-0.25, -0.2) is 0 Å². The first-order valence-electron chi connectivity index (χ1n) is 9.47. The van der Waals surface area contributed by atoms with Crippen molar-refractivity contribution in [1.29, 1.82) is 0 Å². The summed E-state index contributed by atoms with van der Waals surface area (Å²) in [4.78, 5) is 3.68. The Morgan fingerprint density at radius 2 is 1.77 bits per heavy atom. The Labute approximate surface area is 161 Å². The van der Waals surface area contributed by atoms with E-state index in [1.165, 1.54) is 40.6 Å². The zero-order chi connectivity index (χ0) is 18.1. The summed E-state index contributed by atoms with van der Waals surface area (Å²) in [6, 6.07) is 19.9. The van der Waals surface area contributed by atoms with Gasteiger partial charge < -0.3 is 0 Å². The number of aromatic nitrogens is 1. The van der Waals surface area contributed by atoms with E-state index in [2.05, 4.69) is 84.0 Å². The molecule has 0 fully saturated rings. The van der Waals surface area contributed by atoms with Crippen molar-refractivity contribution in [1.82, 2.24) is 4.98 Å². The van der Waals surface area contributed by atoms with E-state index in [-0.39, 0.29) is 0 Å². The molecule has 1 aliphatic rings. The third-order valence-electron chi connectivity index (χ3n) is 6.05. The number of para-hydroxylation sites is 1. The third kappa shape index (κ3) is 2.87. The van der Waals surface area contributed by atoms with E-state index in [9.17, 15) is 0 Å². The molecular formula is C24H27AsN. The second-order valence-corrected chi connectivity index (χ2v) is 13.0. The van der Waals surface area contributed by atoms with Gasteiger partial charge in [-0.05, 0) is 0 Å². The average molecular weight is 404 g/mol. The average Bonchev–Trinajstić information content (AvgIpc) is 3.07. The van der Waals surface area contributed by atoms with Crippen molar-refractivity contribution in [2.75, 3.05) is 0 Å². The molecule has 1 N–H and O–H groups in total. The first-order valence-corrected chi connectivity index (χ1v) is 14.2. The molecule has 1 aliphatic carbocycles. The molecule has 4 rings (SSSR count). The van der Waals surface area contributed by atoms with Crippen LogP contribution >= 0.6 is 0 Å². The predicted octanol–water partition coefficient (Wildman–Crippen LogP) is 6.34. The Bertz CT molecular complexity index is 935. The number of hydrogen-bond donors (Lipinski definition) is 1. The second kappa shape index (κ2) is 7.12. The van der Waals surface area contributed by atoms with Gasteiger partial charge in [-0.2, -0.15) is 0 Å². The number of hydrogen-bond acceptors (Lipinski definition) is 0. The Hall–Kier alpha value is -1.72. The molecule has 1 atom stereocenters. The molecule has 0 spiro atoms. The molecular weight excluding hydrogens is 377 g/mol. The third-order valence-corrected chi connectivity index (χ3v) is 11.0. The summed E-state index contributed by atoms with van der Waals surface area (Å²) < 4.78 is 0.397. The summed E-state index contributed by atoms with van der Waals surface area (Å²) in [6.07, 6.45) is 6.95. The number of aromatic amines is 1. The zero-order valence-corrected chi connectivity index (χ0v) is 17.6. The topological polar surface area (TPSA) is 15.8 Å². The Morgan fingerprint density at radius 3 is 2.42 bits per heavy atom. The summed E-state index contributed by atoms with van der Waals surface area (Å²) in [5.41, 5.74) is 12.0. The van der Waals surface area contributed by atoms with Gasteiger partial charge in [0, 0.05) is 0 Å². The van der Waals surface area contributed by atoms with Crippen molar-refractivity contribution in [3.05, 3.63) is 84.4 Å². The maximum atomic E-state index is 4.20. The van der Waals surface area contributed by atoms with Gasteiger partial charge in [0.2, 0.25) is 0 Å². The molecule has 133 valence electrons. The van der Waals surface area contributed by atoms with E-state index in [1.54, 1.807) is 5.56 Å². The van der Waals surface area contributed by atoms with Gasteiger partial charge in [-0.3, -0.25) is 0 Å². The van der Waals surface area contributed by atoms with Gasteiger partial charge >= 0.3 is 162 Å². The summed E-state index contributed by atoms with van der Waals surface area (Å²) in [6.45, 7) is 4.20. The molecule has 0 amide bonds. The van der Waals surface area contributed by atoms with Gasteiger partial charge in [-0.15, -0.1) is 0 Å². The minimum absolute atomic E-state index is 0.397. The fourth-order valence-corrected chi connectivity index (χ4v) is 8.00. The molecule has 1 heterocycles. The SMILES string of the molecule is [CH2]Cc1c(C2=CCC(c3ccccc3)([As](C)C)CC2)[nH]c2ccccc12. The zero-order valence-electron chi connectivity index (χ0n) is 15.8. The van der Waals surface area contributed by atoms with Crippen LogP contribution in [0.4, 0.5) is 0 Å². The van der Waals surface area contributed by atoms with Crippen molar-refractivity contribution in [3.8, 4) is 0 Å². The molecule has 1 aromatic heterocycles. The fourth-order valence-electron chi connectivity index (χ4n) is 4.47. The molecule has 3 aromatic rings. The van der Waals surface area contributed by atoms with Crippen LogP contribution in [0.15, 0.2) is 60.7 Å². The van der Waals surface area contributed by atoms with Crippen LogP contribution in [0, 0.1) is 6.92 Å². The second-order valence-electron chi connectivity index (χ2n) is 7.50. The van der Waals surface area contributed by atoms with Crippen molar-refractivity contribution in [3.63, 3.8) is 0 Å². The van der Waals surface area contributed by atoms with Gasteiger partial charge in [-0.1, -0.05) is 0 Å². The van der Waals surface area contributed by atoms with E-state index in [1.807, 2.05) is 0 Å². The van der Waals surface area contributed by atoms with Gasteiger partial charge in [0.15, 0.2) is 0 Å². The Morgan fingerprint density at radius 1 is 1.04 bits per heavy atom. The standard InChI is InChI=1S/C24H27AsN/c1-4-20-21-12-8-9-13-22(21)26-23(20)18-14-16-24(17-15-18,25(2)3)19-10-6-5-7-11-19/h5-14,26H,1,4,15-17H2,2-3H3. The molecule has 1 radical (unpaired) electrons. The van der Waals surface area contributed by atoms with E-state index < -0.39 is 14.7 Å². The van der Waals surface area contributed by atoms with Crippen LogP contribution in [0.2, 0.25) is 11.4 Å². The first kappa shape index (κ1) is 17.7. The first-order chi connectivity index (χ1) is 12.7. The minimum atomic E-state index is -0.925. The van der Waals surface area contributed by atoms with Gasteiger partial charge in [0.05, 0.1) is 0 Å². The number of benzene rings is 2. The van der Waals surface area contributed by atoms with E-state index in [4.69, 9.17) is 0 Å². The molecule has 26 heavy (non-hydrogen) atoms. The van der Waals surface area contributed by atoms with Crippen LogP contribution in [-0.2, 0) is 10.6 Å². The van der Waals surface area contributed by atoms with Crippen molar-refractivity contribution in [2.45, 2.75) is 41.3 Å². The van der Waals surface area contributed by atoms with E-state index >= 15 is 0 Å². The fraction of sp³-hybridized carbons (Fsp3) is 0.292. The molecule has 2 heteroatoms. The van der Waals surface area contributed by atoms with Gasteiger partial charge in [0.1, 0.15) is 0 Å². The van der Waals surface area contributed by atoms with Crippen LogP contribution in [0.1, 0.15) is 36.1 Å². The van der Waals surface area contributed by atoms with Crippen molar-refractivity contribution in [2.24, 2.45) is 0 Å². The molecule has 0 saturated heterocycles. The molecule has 0 bridgehead atoms. The molecule has 0 saturated carbocycles. The maximum absolute atomic E-state index is 4.20. The monoisotopic (exact) mass is 404 g/mol. The van der Waals surface area contributed by atoms with Crippen LogP contribution in [0.25, 0.3) is 16.5 Å². The number of rotatable bonds is 4. The van der Waals surface area contributed by atoms with Crippen LogP contribution in [-0.4, -0.2) is 19.6 Å². The van der Waals surface area contributed by atoms with E-state index in [0.29, 0.717) is 4.20 Å². The molecule has 1 unspecified atom stereocenters. The van der Waals surface area contributed by atoms with Crippen LogP contribution in [0.5, 0.6) is 0 Å². The number of nitrogens with one attached hydrogen (secondary N) is 1. The Balaban J connectivity index is 1.74. The number of allylic oxidation sites excluding steroid dienone is 2. The van der Waals surface area contributed by atoms with Crippen LogP contribution in [0.3, 0.4) is 0 Å². The number of H-pyrrole nitrogens is 1. The number of fused-ring (bicyclic) bond motifs is 1. The molecule has 2 aromatic carbocycles. The predicted molar refractivity (Wildman–Crippen MR) is 115 cm³/mol. The summed E-state index contributed by atoms with van der Waals surface area (Å²) in [5.74, 6) is 0. The van der Waals surface area contributed by atoms with E-state index in [0.717, 1.165) is 12.8 Å². The van der Waals surface area contributed by atoms with Gasteiger partial charge in [0.25, 0.3) is 0 Å². The Kier molecular flexibility index (Phi) is 4.84. The van der Waals surface area contributed by atoms with Crippen molar-refractivity contribution >= 4 is 31.1 Å². The summed E-state index contributed by atoms with van der Waals surface area (Å²) in [7, 11) is 0. The normalized spacial score (nSPS) is 20.5. The summed E-state index contributed by atoms with van der Waals surface area (Å²) >= 11 is -0.925.